The Labute approximate surface area is 110 Å². The molecule has 0 N–H and O–H groups in total. The molecule has 0 aromatic rings. The molecule has 0 aliphatic rings. The lowest BCUT2D eigenvalue weighted by atomic mass is 10.1. The smallest absolute Gasteiger partial charge is 0.162 e. The molecule has 0 amide bonds. The van der Waals surface area contributed by atoms with Crippen LogP contribution in [0.4, 0.5) is 0 Å². The zero-order valence-corrected chi connectivity index (χ0v) is 11.6. The van der Waals surface area contributed by atoms with Crippen molar-refractivity contribution in [2.75, 3.05) is 34.5 Å². The Balaban J connectivity index is 0. The second-order valence-corrected chi connectivity index (χ2v) is 3.14. The van der Waals surface area contributed by atoms with Crippen LogP contribution in [0.15, 0.2) is 23.5 Å². The fraction of sp³-hybridized carbons (Fsp3) is 0.500. The van der Waals surface area contributed by atoms with Gasteiger partial charge in [0.1, 0.15) is 12.4 Å². The van der Waals surface area contributed by atoms with E-state index in [0.29, 0.717) is 31.0 Å². The maximum Gasteiger partial charge on any atom is 0.162 e. The predicted molar refractivity (Wildman–Crippen MR) is 72.1 cm³/mol. The highest BCUT2D eigenvalue weighted by Gasteiger charge is 2.06. The number of methoxy groups -OCH3 is 3. The fourth-order valence-corrected chi connectivity index (χ4v) is 1.11. The summed E-state index contributed by atoms with van der Waals surface area (Å²) in [5, 5.41) is 0. The third-order valence-corrected chi connectivity index (χ3v) is 1.98. The van der Waals surface area contributed by atoms with Gasteiger partial charge in [-0.05, 0) is 12.2 Å². The Morgan fingerprint density at radius 2 is 1.78 bits per heavy atom. The normalized spacial score (nSPS) is 11.4. The summed E-state index contributed by atoms with van der Waals surface area (Å²) < 4.78 is 15.0. The van der Waals surface area contributed by atoms with E-state index in [0.717, 1.165) is 0 Å². The highest BCUT2D eigenvalue weighted by atomic mass is 16.5. The molecule has 0 radical (unpaired) electrons. The summed E-state index contributed by atoms with van der Waals surface area (Å²) in [4.78, 5) is 11.6. The number of allylic oxidation sites excluding steroid dienone is 2. The molecule has 0 atom stereocenters. The van der Waals surface area contributed by atoms with Crippen LogP contribution in [-0.4, -0.2) is 40.3 Å². The minimum absolute atomic E-state index is 0.0581. The van der Waals surface area contributed by atoms with E-state index in [4.69, 9.17) is 14.2 Å². The van der Waals surface area contributed by atoms with Gasteiger partial charge in [0.05, 0.1) is 13.7 Å². The number of carbonyl (C=O) groups is 1. The van der Waals surface area contributed by atoms with Crippen LogP contribution in [0.5, 0.6) is 0 Å². The van der Waals surface area contributed by atoms with E-state index in [1.54, 1.807) is 33.5 Å². The molecule has 0 bridgehead atoms. The van der Waals surface area contributed by atoms with Gasteiger partial charge in [0, 0.05) is 26.2 Å². The largest absolute Gasteiger partial charge is 0.499 e. The number of rotatable bonds is 8. The highest BCUT2D eigenvalue weighted by Crippen LogP contribution is 2.07. The van der Waals surface area contributed by atoms with Crippen molar-refractivity contribution >= 4 is 5.78 Å². The van der Waals surface area contributed by atoms with Gasteiger partial charge in [-0.1, -0.05) is 6.92 Å². The van der Waals surface area contributed by atoms with Crippen molar-refractivity contribution in [2.24, 2.45) is 0 Å². The zero-order chi connectivity index (χ0) is 14.4. The van der Waals surface area contributed by atoms with Crippen LogP contribution in [0.3, 0.4) is 0 Å². The summed E-state index contributed by atoms with van der Waals surface area (Å²) in [5.41, 5.74) is 0.596. The molecule has 4 nitrogen and oxygen atoms in total. The molecule has 0 heterocycles. The average Bonchev–Trinajstić information content (AvgIpc) is 2.43. The Hall–Kier alpha value is -1.57. The average molecular weight is 254 g/mol. The molecule has 18 heavy (non-hydrogen) atoms. The van der Waals surface area contributed by atoms with Crippen molar-refractivity contribution in [3.8, 4) is 12.8 Å². The first-order valence-corrected chi connectivity index (χ1v) is 5.48. The minimum Gasteiger partial charge on any atom is -0.499 e. The van der Waals surface area contributed by atoms with Crippen molar-refractivity contribution in [3.05, 3.63) is 23.5 Å². The van der Waals surface area contributed by atoms with E-state index in [2.05, 4.69) is 12.8 Å². The zero-order valence-electron chi connectivity index (χ0n) is 11.6. The SMILES string of the molecule is C#C.CCC(=O)C(/C=C(\COC)OC)=C/COC. The number of ether oxygens (including phenoxy) is 3. The fourth-order valence-electron chi connectivity index (χ4n) is 1.11. The van der Waals surface area contributed by atoms with Crippen LogP contribution < -0.4 is 0 Å². The van der Waals surface area contributed by atoms with Crippen LogP contribution in [0.2, 0.25) is 0 Å². The number of hydrogen-bond acceptors (Lipinski definition) is 4. The Morgan fingerprint density at radius 1 is 1.17 bits per heavy atom. The number of hydrogen-bond donors (Lipinski definition) is 0. The molecule has 0 rings (SSSR count). The van der Waals surface area contributed by atoms with Crippen LogP contribution in [0, 0.1) is 12.8 Å². The summed E-state index contributed by atoms with van der Waals surface area (Å²) in [7, 11) is 4.71. The molecule has 0 aromatic heterocycles. The number of carbonyl (C=O) groups excluding carboxylic acids is 1. The molecule has 0 spiro atoms. The Morgan fingerprint density at radius 3 is 2.17 bits per heavy atom. The predicted octanol–water partition coefficient (Wildman–Crippen LogP) is 1.96. The van der Waals surface area contributed by atoms with Gasteiger partial charge in [0.25, 0.3) is 0 Å². The van der Waals surface area contributed by atoms with Crippen molar-refractivity contribution in [1.29, 1.82) is 0 Å². The molecular formula is C14H22O4. The quantitative estimate of drug-likeness (QED) is 0.287. The molecule has 4 heteroatoms. The van der Waals surface area contributed by atoms with Crippen molar-refractivity contribution in [1.82, 2.24) is 0 Å². The van der Waals surface area contributed by atoms with Gasteiger partial charge in [0.2, 0.25) is 0 Å². The van der Waals surface area contributed by atoms with Crippen LogP contribution in [0.25, 0.3) is 0 Å². The lowest BCUT2D eigenvalue weighted by Crippen LogP contribution is -2.04. The van der Waals surface area contributed by atoms with Crippen LogP contribution >= 0.6 is 0 Å². The lowest BCUT2D eigenvalue weighted by Gasteiger charge is -2.06. The van der Waals surface area contributed by atoms with Gasteiger partial charge >= 0.3 is 0 Å². The maximum absolute atomic E-state index is 11.6. The van der Waals surface area contributed by atoms with E-state index in [1.807, 2.05) is 6.92 Å². The van der Waals surface area contributed by atoms with E-state index in [9.17, 15) is 4.79 Å². The minimum atomic E-state index is 0.0581. The maximum atomic E-state index is 11.6. The van der Waals surface area contributed by atoms with Gasteiger partial charge in [-0.2, -0.15) is 0 Å². The summed E-state index contributed by atoms with van der Waals surface area (Å²) in [6.07, 6.45) is 11.9. The third kappa shape index (κ3) is 8.57. The lowest BCUT2D eigenvalue weighted by molar-refractivity contribution is -0.115. The standard InChI is InChI=1S/C12H20O4.C2H2/c1-5-12(13)10(6-7-14-2)8-11(16-4)9-15-3;1-2/h6,8H,5,7,9H2,1-4H3;1-2H/b10-6+,11-8+;. The summed E-state index contributed by atoms with van der Waals surface area (Å²) in [5.74, 6) is 0.675. The second kappa shape index (κ2) is 13.5. The van der Waals surface area contributed by atoms with E-state index < -0.39 is 0 Å². The first-order valence-electron chi connectivity index (χ1n) is 5.48. The number of terminal acetylenes is 1. The Kier molecular flexibility index (Phi) is 14.1. The van der Waals surface area contributed by atoms with Crippen molar-refractivity contribution in [2.45, 2.75) is 13.3 Å². The first kappa shape index (κ1) is 18.8. The molecule has 0 aliphatic carbocycles. The number of Topliss-reactive ketones (excluding diaryl/α,β-unsaturated/α-hetero) is 1. The molecule has 0 aromatic carbocycles. The molecule has 102 valence electrons. The van der Waals surface area contributed by atoms with Crippen LogP contribution in [0.1, 0.15) is 13.3 Å². The van der Waals surface area contributed by atoms with Gasteiger partial charge in [-0.3, -0.25) is 4.79 Å². The first-order chi connectivity index (χ1) is 8.69. The third-order valence-electron chi connectivity index (χ3n) is 1.98. The van der Waals surface area contributed by atoms with E-state index in [-0.39, 0.29) is 5.78 Å². The van der Waals surface area contributed by atoms with Gasteiger partial charge in [0.15, 0.2) is 5.78 Å². The van der Waals surface area contributed by atoms with Crippen molar-refractivity contribution < 1.29 is 19.0 Å². The molecule has 0 saturated carbocycles. The number of ketones is 1. The molecular weight excluding hydrogens is 232 g/mol. The summed E-state index contributed by atoms with van der Waals surface area (Å²) >= 11 is 0. The summed E-state index contributed by atoms with van der Waals surface area (Å²) in [6.45, 7) is 2.57. The van der Waals surface area contributed by atoms with Gasteiger partial charge in [-0.15, -0.1) is 12.8 Å². The molecule has 0 unspecified atom stereocenters. The Bertz CT molecular complexity index is 300. The van der Waals surface area contributed by atoms with E-state index in [1.165, 1.54) is 0 Å². The highest BCUT2D eigenvalue weighted by molar-refractivity contribution is 5.97. The monoisotopic (exact) mass is 254 g/mol. The molecule has 0 saturated heterocycles. The molecule has 0 fully saturated rings. The molecule has 0 aliphatic heterocycles. The van der Waals surface area contributed by atoms with Crippen LogP contribution in [-0.2, 0) is 19.0 Å². The van der Waals surface area contributed by atoms with Crippen molar-refractivity contribution in [3.63, 3.8) is 0 Å². The van der Waals surface area contributed by atoms with E-state index >= 15 is 0 Å². The summed E-state index contributed by atoms with van der Waals surface area (Å²) in [6, 6.07) is 0. The van der Waals surface area contributed by atoms with Gasteiger partial charge < -0.3 is 14.2 Å². The second-order valence-electron chi connectivity index (χ2n) is 3.14. The van der Waals surface area contributed by atoms with Gasteiger partial charge in [-0.25, -0.2) is 0 Å². The topological polar surface area (TPSA) is 44.8 Å².